The molecule has 160 valence electrons. The molecule has 0 aromatic heterocycles. The molecule has 0 heterocycles. The Balaban J connectivity index is 2.25. The van der Waals surface area contributed by atoms with E-state index in [9.17, 15) is 26.8 Å². The Bertz CT molecular complexity index is 983. The third kappa shape index (κ3) is 7.92. The molecular formula is C19H20BF2NO6S. The van der Waals surface area contributed by atoms with E-state index in [0.717, 1.165) is 18.4 Å². The summed E-state index contributed by atoms with van der Waals surface area (Å²) >= 11 is 0. The number of benzene rings is 2. The van der Waals surface area contributed by atoms with Crippen LogP contribution in [0.15, 0.2) is 48.5 Å². The van der Waals surface area contributed by atoms with Crippen LogP contribution >= 0.6 is 0 Å². The average Bonchev–Trinajstić information content (AvgIpc) is 2.63. The first-order valence-electron chi connectivity index (χ1n) is 8.86. The van der Waals surface area contributed by atoms with Crippen molar-refractivity contribution in [2.45, 2.75) is 18.6 Å². The van der Waals surface area contributed by atoms with Crippen molar-refractivity contribution in [3.8, 4) is 0 Å². The second kappa shape index (κ2) is 10.3. The highest BCUT2D eigenvalue weighted by Gasteiger charge is 2.29. The lowest BCUT2D eigenvalue weighted by molar-refractivity contribution is 0.0259. The predicted molar refractivity (Wildman–Crippen MR) is 107 cm³/mol. The zero-order valence-electron chi connectivity index (χ0n) is 16.3. The van der Waals surface area contributed by atoms with Gasteiger partial charge in [-0.1, -0.05) is 18.2 Å². The number of nitrogens with one attached hydrogen (secondary N) is 1. The molecule has 0 spiro atoms. The van der Waals surface area contributed by atoms with Gasteiger partial charge in [-0.25, -0.2) is 13.6 Å². The summed E-state index contributed by atoms with van der Waals surface area (Å²) in [7, 11) is -2.83. The Morgan fingerprint density at radius 2 is 1.70 bits per heavy atom. The van der Waals surface area contributed by atoms with Gasteiger partial charge in [0.15, 0.2) is 5.81 Å². The molecule has 0 aliphatic carbocycles. The molecule has 0 saturated heterocycles. The molecule has 0 aliphatic heterocycles. The van der Waals surface area contributed by atoms with Gasteiger partial charge in [0, 0.05) is 6.07 Å². The summed E-state index contributed by atoms with van der Waals surface area (Å²) in [5.74, 6) is -2.92. The van der Waals surface area contributed by atoms with E-state index in [4.69, 9.17) is 8.92 Å². The second-order valence-electron chi connectivity index (χ2n) is 6.59. The Morgan fingerprint density at radius 3 is 2.23 bits per heavy atom. The minimum Gasteiger partial charge on any atom is -0.459 e. The molecular weight excluding hydrogens is 419 g/mol. The molecule has 7 nitrogen and oxygen atoms in total. The number of ether oxygens (including phenoxy) is 1. The fraction of sp³-hybridized carbons (Fsp3) is 0.263. The molecule has 0 bridgehead atoms. The molecule has 0 aliphatic rings. The summed E-state index contributed by atoms with van der Waals surface area (Å²) < 4.78 is 60.7. The molecule has 1 amide bonds. The number of esters is 1. The van der Waals surface area contributed by atoms with E-state index in [2.05, 4.69) is 5.32 Å². The molecule has 2 atom stereocenters. The molecule has 2 aromatic carbocycles. The van der Waals surface area contributed by atoms with Crippen molar-refractivity contribution in [1.82, 2.24) is 5.32 Å². The van der Waals surface area contributed by atoms with Crippen LogP contribution in [0.25, 0.3) is 0 Å². The van der Waals surface area contributed by atoms with Crippen molar-refractivity contribution in [2.24, 2.45) is 0 Å². The van der Waals surface area contributed by atoms with Gasteiger partial charge in [-0.2, -0.15) is 8.42 Å². The molecule has 11 heteroatoms. The zero-order chi connectivity index (χ0) is 22.3. The molecule has 2 rings (SSSR count). The normalized spacial score (nSPS) is 13.3. The summed E-state index contributed by atoms with van der Waals surface area (Å²) in [4.78, 5) is 23.8. The maximum Gasteiger partial charge on any atom is 0.338 e. The smallest absolute Gasteiger partial charge is 0.338 e. The van der Waals surface area contributed by atoms with Gasteiger partial charge in [0.1, 0.15) is 24.3 Å². The fourth-order valence-electron chi connectivity index (χ4n) is 2.77. The lowest BCUT2D eigenvalue weighted by Crippen LogP contribution is -2.48. The Kier molecular flexibility index (Phi) is 8.07. The number of halogens is 2. The Morgan fingerprint density at radius 1 is 1.10 bits per heavy atom. The first-order valence-corrected chi connectivity index (χ1v) is 10.7. The number of carbonyl (C=O) groups excluding carboxylic acids is 2. The van der Waals surface area contributed by atoms with Crippen LogP contribution in [0, 0.1) is 11.6 Å². The second-order valence-corrected chi connectivity index (χ2v) is 8.19. The molecule has 30 heavy (non-hydrogen) atoms. The van der Waals surface area contributed by atoms with Crippen LogP contribution in [0.2, 0.25) is 0 Å². The van der Waals surface area contributed by atoms with Gasteiger partial charge in [-0.05, 0) is 36.2 Å². The maximum absolute atomic E-state index is 13.5. The van der Waals surface area contributed by atoms with E-state index in [1.54, 1.807) is 18.2 Å². The van der Waals surface area contributed by atoms with Crippen LogP contribution in [0.5, 0.6) is 0 Å². The topological polar surface area (TPSA) is 98.8 Å². The van der Waals surface area contributed by atoms with Crippen LogP contribution in [-0.2, 0) is 25.5 Å². The van der Waals surface area contributed by atoms with Crippen LogP contribution in [0.3, 0.4) is 0 Å². The standard InChI is InChI=1S/C19H20BF2NO6S/c1-30(26,27)29-17(11-28-18(24)13-5-3-2-4-6-13)16(23-19(20)25)9-12-7-14(21)10-15(22)8-12/h2-8,10,16-17H,9,11,20H2,1H3,(H,23,25)/t16-,17+/m0/s1. The minimum absolute atomic E-state index is 0.155. The first kappa shape index (κ1) is 23.5. The maximum atomic E-state index is 13.5. The molecule has 0 unspecified atom stereocenters. The zero-order valence-corrected chi connectivity index (χ0v) is 17.1. The first-order chi connectivity index (χ1) is 14.0. The number of hydrogen-bond donors (Lipinski definition) is 1. The average molecular weight is 439 g/mol. The summed E-state index contributed by atoms with van der Waals surface area (Å²) in [6.45, 7) is -0.524. The Hall–Kier alpha value is -2.79. The van der Waals surface area contributed by atoms with Crippen LogP contribution in [0.1, 0.15) is 15.9 Å². The highest BCUT2D eigenvalue weighted by atomic mass is 32.2. The van der Waals surface area contributed by atoms with Crippen LogP contribution in [-0.4, -0.2) is 53.0 Å². The van der Waals surface area contributed by atoms with Gasteiger partial charge in [-0.3, -0.25) is 8.98 Å². The van der Waals surface area contributed by atoms with Crippen molar-refractivity contribution >= 4 is 29.7 Å². The summed E-state index contributed by atoms with van der Waals surface area (Å²) in [5.41, 5.74) is 0.390. The third-order valence-corrected chi connectivity index (χ3v) is 4.50. The van der Waals surface area contributed by atoms with Crippen molar-refractivity contribution < 1.29 is 35.7 Å². The van der Waals surface area contributed by atoms with Crippen LogP contribution < -0.4 is 5.32 Å². The summed E-state index contributed by atoms with van der Waals surface area (Å²) in [6, 6.07) is 9.70. The fourth-order valence-corrected chi connectivity index (χ4v) is 3.41. The van der Waals surface area contributed by atoms with Crippen molar-refractivity contribution in [1.29, 1.82) is 0 Å². The van der Waals surface area contributed by atoms with E-state index < -0.39 is 52.3 Å². The van der Waals surface area contributed by atoms with Crippen molar-refractivity contribution in [2.75, 3.05) is 12.9 Å². The highest BCUT2D eigenvalue weighted by molar-refractivity contribution is 7.86. The van der Waals surface area contributed by atoms with Gasteiger partial charge >= 0.3 is 5.97 Å². The van der Waals surface area contributed by atoms with E-state index in [-0.39, 0.29) is 17.5 Å². The van der Waals surface area contributed by atoms with Crippen molar-refractivity contribution in [3.63, 3.8) is 0 Å². The minimum atomic E-state index is -4.02. The van der Waals surface area contributed by atoms with E-state index >= 15 is 0 Å². The third-order valence-electron chi connectivity index (χ3n) is 3.90. The van der Waals surface area contributed by atoms with Gasteiger partial charge in [0.25, 0.3) is 10.1 Å². The van der Waals surface area contributed by atoms with E-state index in [0.29, 0.717) is 6.07 Å². The monoisotopic (exact) mass is 439 g/mol. The van der Waals surface area contributed by atoms with Crippen LogP contribution in [0.4, 0.5) is 13.6 Å². The van der Waals surface area contributed by atoms with Gasteiger partial charge in [0.2, 0.25) is 7.85 Å². The quantitative estimate of drug-likeness (QED) is 0.361. The lowest BCUT2D eigenvalue weighted by atomic mass is 9.99. The summed E-state index contributed by atoms with van der Waals surface area (Å²) in [6.07, 6.45) is -0.703. The molecule has 2 aromatic rings. The van der Waals surface area contributed by atoms with Gasteiger partial charge in [0.05, 0.1) is 17.9 Å². The molecule has 0 fully saturated rings. The van der Waals surface area contributed by atoms with E-state index in [1.165, 1.54) is 20.0 Å². The van der Waals surface area contributed by atoms with E-state index in [1.807, 2.05) is 0 Å². The predicted octanol–water partition coefficient (Wildman–Crippen LogP) is 1.42. The highest BCUT2D eigenvalue weighted by Crippen LogP contribution is 2.15. The molecule has 1 N–H and O–H groups in total. The summed E-state index contributed by atoms with van der Waals surface area (Å²) in [5, 5.41) is 2.49. The number of hydrogen-bond acceptors (Lipinski definition) is 6. The lowest BCUT2D eigenvalue weighted by Gasteiger charge is -2.27. The molecule has 0 radical (unpaired) electrons. The molecule has 0 saturated carbocycles. The van der Waals surface area contributed by atoms with Gasteiger partial charge in [-0.15, -0.1) is 0 Å². The Labute approximate surface area is 173 Å². The van der Waals surface area contributed by atoms with Crippen molar-refractivity contribution in [3.05, 3.63) is 71.3 Å². The van der Waals surface area contributed by atoms with Gasteiger partial charge < -0.3 is 10.1 Å². The SMILES string of the molecule is BC(=O)N[C@@H](Cc1cc(F)cc(F)c1)[C@@H](COC(=O)c1ccccc1)OS(C)(=O)=O. The number of rotatable bonds is 9. The number of carbonyl (C=O) groups is 2. The largest absolute Gasteiger partial charge is 0.459 e. The number of amides is 1.